The van der Waals surface area contributed by atoms with Gasteiger partial charge in [-0.3, -0.25) is 4.79 Å². The van der Waals surface area contributed by atoms with Crippen LogP contribution >= 0.6 is 15.9 Å². The maximum absolute atomic E-state index is 11.3. The lowest BCUT2D eigenvalue weighted by atomic mass is 10.2. The van der Waals surface area contributed by atoms with E-state index in [-0.39, 0.29) is 5.91 Å². The topological polar surface area (TPSA) is 29.1 Å². The number of nitrogens with one attached hydrogen (secondary N) is 1. The Morgan fingerprint density at radius 3 is 2.58 bits per heavy atom. The Morgan fingerprint density at radius 1 is 1.33 bits per heavy atom. The van der Waals surface area contributed by atoms with E-state index < -0.39 is 0 Å². The third-order valence-electron chi connectivity index (χ3n) is 1.42. The highest BCUT2D eigenvalue weighted by Gasteiger charge is 2.01. The fraction of sp³-hybridized carbons (Fsp3) is 0.222. The van der Waals surface area contributed by atoms with E-state index in [9.17, 15) is 4.79 Å². The quantitative estimate of drug-likeness (QED) is 0.785. The van der Waals surface area contributed by atoms with Crippen molar-refractivity contribution >= 4 is 21.8 Å². The average Bonchev–Trinajstić information content (AvgIpc) is 2.15. The number of rotatable bonds is 3. The van der Waals surface area contributed by atoms with Crippen LogP contribution in [0.25, 0.3) is 0 Å². The van der Waals surface area contributed by atoms with E-state index in [1.807, 2.05) is 18.2 Å². The Balaban J connectivity index is 2.54. The first-order valence-electron chi connectivity index (χ1n) is 3.74. The van der Waals surface area contributed by atoms with Crippen LogP contribution in [0.15, 0.2) is 30.3 Å². The maximum atomic E-state index is 11.3. The molecule has 0 atom stereocenters. The van der Waals surface area contributed by atoms with Gasteiger partial charge in [0.1, 0.15) is 0 Å². The number of alkyl halides is 1. The average molecular weight is 228 g/mol. The summed E-state index contributed by atoms with van der Waals surface area (Å²) in [7, 11) is 0. The van der Waals surface area contributed by atoms with Gasteiger partial charge in [0.15, 0.2) is 0 Å². The number of halogens is 1. The molecule has 1 amide bonds. The number of benzene rings is 1. The van der Waals surface area contributed by atoms with Crippen molar-refractivity contribution in [1.82, 2.24) is 5.32 Å². The van der Waals surface area contributed by atoms with E-state index in [0.717, 1.165) is 5.33 Å². The van der Waals surface area contributed by atoms with Crippen LogP contribution < -0.4 is 5.32 Å². The molecule has 0 spiro atoms. The number of hydrogen-bond donors (Lipinski definition) is 1. The molecule has 0 aliphatic heterocycles. The van der Waals surface area contributed by atoms with Crippen molar-refractivity contribution in [3.8, 4) is 0 Å². The molecule has 0 aliphatic rings. The van der Waals surface area contributed by atoms with E-state index in [1.54, 1.807) is 12.1 Å². The van der Waals surface area contributed by atoms with E-state index in [2.05, 4.69) is 21.2 Å². The van der Waals surface area contributed by atoms with Crippen LogP contribution in [0.3, 0.4) is 0 Å². The Labute approximate surface area is 80.1 Å². The van der Waals surface area contributed by atoms with Crippen molar-refractivity contribution in [3.05, 3.63) is 35.9 Å². The van der Waals surface area contributed by atoms with Crippen molar-refractivity contribution in [2.75, 3.05) is 11.9 Å². The minimum Gasteiger partial charge on any atom is -0.351 e. The van der Waals surface area contributed by atoms with Gasteiger partial charge in [0.25, 0.3) is 5.91 Å². The molecule has 0 unspecified atom stereocenters. The summed E-state index contributed by atoms with van der Waals surface area (Å²) in [5.41, 5.74) is 0.707. The van der Waals surface area contributed by atoms with Crippen LogP contribution in [0.5, 0.6) is 0 Å². The summed E-state index contributed by atoms with van der Waals surface area (Å²) in [5, 5.41) is 3.55. The standard InChI is InChI=1S/C9H10BrNO/c10-6-7-11-9(12)8-4-2-1-3-5-8/h1-5H,6-7H2,(H,11,12). The molecule has 2 nitrogen and oxygen atoms in total. The summed E-state index contributed by atoms with van der Waals surface area (Å²) in [5.74, 6) is -0.0185. The van der Waals surface area contributed by atoms with Crippen LogP contribution in [0.4, 0.5) is 0 Å². The van der Waals surface area contributed by atoms with Crippen LogP contribution in [0, 0.1) is 0 Å². The van der Waals surface area contributed by atoms with Crippen molar-refractivity contribution in [3.63, 3.8) is 0 Å². The third kappa shape index (κ3) is 2.66. The van der Waals surface area contributed by atoms with Crippen molar-refractivity contribution in [2.45, 2.75) is 0 Å². The zero-order valence-electron chi connectivity index (χ0n) is 6.59. The fourth-order valence-electron chi connectivity index (χ4n) is 0.852. The van der Waals surface area contributed by atoms with Crippen LogP contribution in [-0.4, -0.2) is 17.8 Å². The number of hydrogen-bond acceptors (Lipinski definition) is 1. The summed E-state index contributed by atoms with van der Waals surface area (Å²) < 4.78 is 0. The fourth-order valence-corrected chi connectivity index (χ4v) is 1.05. The monoisotopic (exact) mass is 227 g/mol. The first-order chi connectivity index (χ1) is 5.84. The van der Waals surface area contributed by atoms with Gasteiger partial charge in [-0.05, 0) is 12.1 Å². The predicted molar refractivity (Wildman–Crippen MR) is 52.6 cm³/mol. The van der Waals surface area contributed by atoms with Gasteiger partial charge in [-0.15, -0.1) is 0 Å². The van der Waals surface area contributed by atoms with Crippen molar-refractivity contribution in [2.24, 2.45) is 0 Å². The molecule has 0 radical (unpaired) electrons. The molecular weight excluding hydrogens is 218 g/mol. The van der Waals surface area contributed by atoms with E-state index in [1.165, 1.54) is 0 Å². The number of amides is 1. The smallest absolute Gasteiger partial charge is 0.251 e. The summed E-state index contributed by atoms with van der Waals surface area (Å²) in [6.07, 6.45) is 0. The van der Waals surface area contributed by atoms with E-state index >= 15 is 0 Å². The highest BCUT2D eigenvalue weighted by atomic mass is 79.9. The molecular formula is C9H10BrNO. The number of carbonyl (C=O) groups excluding carboxylic acids is 1. The van der Waals surface area contributed by atoms with Gasteiger partial charge in [-0.25, -0.2) is 0 Å². The lowest BCUT2D eigenvalue weighted by molar-refractivity contribution is 0.0956. The summed E-state index contributed by atoms with van der Waals surface area (Å²) >= 11 is 3.24. The van der Waals surface area contributed by atoms with Gasteiger partial charge in [0, 0.05) is 17.4 Å². The summed E-state index contributed by atoms with van der Waals surface area (Å²) in [6, 6.07) is 9.18. The minimum absolute atomic E-state index is 0.0185. The van der Waals surface area contributed by atoms with Crippen molar-refractivity contribution in [1.29, 1.82) is 0 Å². The summed E-state index contributed by atoms with van der Waals surface area (Å²) in [4.78, 5) is 11.3. The first kappa shape index (κ1) is 9.26. The van der Waals surface area contributed by atoms with Crippen LogP contribution in [0.2, 0.25) is 0 Å². The number of carbonyl (C=O) groups is 1. The Bertz CT molecular complexity index is 248. The predicted octanol–water partition coefficient (Wildman–Crippen LogP) is 1.81. The molecule has 0 saturated carbocycles. The molecule has 64 valence electrons. The van der Waals surface area contributed by atoms with Gasteiger partial charge in [-0.1, -0.05) is 34.1 Å². The van der Waals surface area contributed by atoms with E-state index in [0.29, 0.717) is 12.1 Å². The molecule has 1 aromatic rings. The van der Waals surface area contributed by atoms with Crippen molar-refractivity contribution < 1.29 is 4.79 Å². The van der Waals surface area contributed by atoms with Gasteiger partial charge in [-0.2, -0.15) is 0 Å². The zero-order valence-corrected chi connectivity index (χ0v) is 8.17. The molecule has 0 fully saturated rings. The highest BCUT2D eigenvalue weighted by Crippen LogP contribution is 1.97. The second-order valence-corrected chi connectivity index (χ2v) is 3.10. The van der Waals surface area contributed by atoms with Crippen LogP contribution in [-0.2, 0) is 0 Å². The minimum atomic E-state index is -0.0185. The van der Waals surface area contributed by atoms with E-state index in [4.69, 9.17) is 0 Å². The Kier molecular flexibility index (Phi) is 3.80. The van der Waals surface area contributed by atoms with Gasteiger partial charge >= 0.3 is 0 Å². The maximum Gasteiger partial charge on any atom is 0.251 e. The Hall–Kier alpha value is -0.830. The largest absolute Gasteiger partial charge is 0.351 e. The Morgan fingerprint density at radius 2 is 2.00 bits per heavy atom. The molecule has 1 N–H and O–H groups in total. The molecule has 0 aliphatic carbocycles. The zero-order chi connectivity index (χ0) is 8.81. The molecule has 3 heteroatoms. The summed E-state index contributed by atoms with van der Waals surface area (Å²) in [6.45, 7) is 0.660. The molecule has 0 heterocycles. The molecule has 1 rings (SSSR count). The highest BCUT2D eigenvalue weighted by molar-refractivity contribution is 9.09. The second kappa shape index (κ2) is 4.93. The normalized spacial score (nSPS) is 9.42. The lowest BCUT2D eigenvalue weighted by Crippen LogP contribution is -2.24. The van der Waals surface area contributed by atoms with Gasteiger partial charge in [0.2, 0.25) is 0 Å². The SMILES string of the molecule is O=C(NCCBr)c1ccccc1. The molecule has 1 aromatic carbocycles. The first-order valence-corrected chi connectivity index (χ1v) is 4.86. The van der Waals surface area contributed by atoms with Gasteiger partial charge in [0.05, 0.1) is 0 Å². The molecule has 0 aromatic heterocycles. The molecule has 0 saturated heterocycles. The molecule has 0 bridgehead atoms. The molecule has 12 heavy (non-hydrogen) atoms. The third-order valence-corrected chi connectivity index (χ3v) is 1.81. The van der Waals surface area contributed by atoms with Gasteiger partial charge < -0.3 is 5.32 Å². The second-order valence-electron chi connectivity index (χ2n) is 2.31. The lowest BCUT2D eigenvalue weighted by Gasteiger charge is -2.01. The van der Waals surface area contributed by atoms with Crippen LogP contribution in [0.1, 0.15) is 10.4 Å².